The number of carbonyl (C=O) groups is 1. The molecule has 1 N–H and O–H groups in total. The van der Waals surface area contributed by atoms with Gasteiger partial charge in [0.1, 0.15) is 5.82 Å². The number of aliphatic hydroxyl groups is 1. The predicted molar refractivity (Wildman–Crippen MR) is 66.9 cm³/mol. The zero-order valence-corrected chi connectivity index (χ0v) is 10.6. The van der Waals surface area contributed by atoms with Crippen LogP contribution in [-0.2, 0) is 9.53 Å². The van der Waals surface area contributed by atoms with Crippen molar-refractivity contribution in [3.63, 3.8) is 0 Å². The van der Waals surface area contributed by atoms with E-state index >= 15 is 0 Å². The van der Waals surface area contributed by atoms with Gasteiger partial charge in [-0.25, -0.2) is 4.39 Å². The van der Waals surface area contributed by atoms with Gasteiger partial charge in [0.15, 0.2) is 0 Å². The molecule has 18 heavy (non-hydrogen) atoms. The van der Waals surface area contributed by atoms with Crippen molar-refractivity contribution in [2.24, 2.45) is 0 Å². The molecule has 0 aliphatic carbocycles. The van der Waals surface area contributed by atoms with Crippen LogP contribution in [0.15, 0.2) is 24.3 Å². The van der Waals surface area contributed by atoms with Gasteiger partial charge >= 0.3 is 5.97 Å². The van der Waals surface area contributed by atoms with Crippen molar-refractivity contribution in [2.75, 3.05) is 25.1 Å². The fraction of sp³-hybridized carbons (Fsp3) is 0.462. The number of ether oxygens (including phenoxy) is 1. The topological polar surface area (TPSA) is 49.8 Å². The van der Waals surface area contributed by atoms with E-state index in [1.54, 1.807) is 31.0 Å². The number of hydrogen-bond donors (Lipinski definition) is 1. The van der Waals surface area contributed by atoms with Crippen molar-refractivity contribution in [2.45, 2.75) is 19.4 Å². The monoisotopic (exact) mass is 255 g/mol. The number of benzene rings is 1. The zero-order chi connectivity index (χ0) is 13.5. The molecule has 1 rings (SSSR count). The lowest BCUT2D eigenvalue weighted by Gasteiger charge is -2.22. The van der Waals surface area contributed by atoms with Gasteiger partial charge in [-0.05, 0) is 25.1 Å². The summed E-state index contributed by atoms with van der Waals surface area (Å²) in [4.78, 5) is 12.9. The summed E-state index contributed by atoms with van der Waals surface area (Å²) in [6.45, 7) is 2.25. The first-order chi connectivity index (χ1) is 8.52. The molecule has 0 saturated carbocycles. The van der Waals surface area contributed by atoms with Gasteiger partial charge in [-0.15, -0.1) is 0 Å². The lowest BCUT2D eigenvalue weighted by molar-refractivity contribution is -0.145. The third-order valence-corrected chi connectivity index (χ3v) is 2.44. The van der Waals surface area contributed by atoms with E-state index in [4.69, 9.17) is 4.74 Å². The molecule has 1 aromatic carbocycles. The van der Waals surface area contributed by atoms with E-state index < -0.39 is 12.1 Å². The van der Waals surface area contributed by atoms with Gasteiger partial charge in [0, 0.05) is 19.3 Å². The number of rotatable bonds is 6. The van der Waals surface area contributed by atoms with Crippen LogP contribution in [0.25, 0.3) is 0 Å². The highest BCUT2D eigenvalue weighted by Gasteiger charge is 2.14. The standard InChI is InChI=1S/C13H18FNO3/c1-3-18-13(17)8-12(16)9-15(2)11-6-4-5-10(14)7-11/h4-7,12,16H,3,8-9H2,1-2H3. The number of esters is 1. The molecule has 0 spiro atoms. The molecule has 0 heterocycles. The van der Waals surface area contributed by atoms with E-state index in [-0.39, 0.29) is 18.8 Å². The van der Waals surface area contributed by atoms with Gasteiger partial charge in [-0.1, -0.05) is 6.07 Å². The van der Waals surface area contributed by atoms with E-state index in [2.05, 4.69) is 0 Å². The molecule has 1 atom stereocenters. The molecule has 0 aromatic heterocycles. The first-order valence-electron chi connectivity index (χ1n) is 5.83. The Morgan fingerprint density at radius 3 is 2.89 bits per heavy atom. The van der Waals surface area contributed by atoms with Crippen LogP contribution in [0.1, 0.15) is 13.3 Å². The molecule has 0 aliphatic rings. The number of nitrogens with zero attached hydrogens (tertiary/aromatic N) is 1. The molecule has 100 valence electrons. The third-order valence-electron chi connectivity index (χ3n) is 2.44. The quantitative estimate of drug-likeness (QED) is 0.784. The molecular formula is C13H18FNO3. The molecule has 5 heteroatoms. The Kier molecular flexibility index (Phi) is 5.58. The molecule has 0 fully saturated rings. The summed E-state index contributed by atoms with van der Waals surface area (Å²) in [6, 6.07) is 6.06. The van der Waals surface area contributed by atoms with E-state index in [9.17, 15) is 14.3 Å². The second-order valence-electron chi connectivity index (χ2n) is 4.02. The summed E-state index contributed by atoms with van der Waals surface area (Å²) in [5, 5.41) is 9.71. The minimum atomic E-state index is -0.836. The lowest BCUT2D eigenvalue weighted by Crippen LogP contribution is -2.31. The van der Waals surface area contributed by atoms with E-state index in [0.29, 0.717) is 12.3 Å². The lowest BCUT2D eigenvalue weighted by atomic mass is 10.2. The highest BCUT2D eigenvalue weighted by atomic mass is 19.1. The van der Waals surface area contributed by atoms with E-state index in [0.717, 1.165) is 0 Å². The summed E-state index contributed by atoms with van der Waals surface area (Å²) in [6.07, 6.45) is -0.898. The smallest absolute Gasteiger partial charge is 0.308 e. The van der Waals surface area contributed by atoms with Gasteiger partial charge in [-0.2, -0.15) is 0 Å². The maximum absolute atomic E-state index is 13.0. The van der Waals surface area contributed by atoms with Crippen molar-refractivity contribution >= 4 is 11.7 Å². The molecule has 4 nitrogen and oxygen atoms in total. The van der Waals surface area contributed by atoms with Crippen molar-refractivity contribution in [3.05, 3.63) is 30.1 Å². The number of carbonyl (C=O) groups excluding carboxylic acids is 1. The summed E-state index contributed by atoms with van der Waals surface area (Å²) in [5.41, 5.74) is 0.651. The summed E-state index contributed by atoms with van der Waals surface area (Å²) in [5.74, 6) is -0.767. The summed E-state index contributed by atoms with van der Waals surface area (Å²) < 4.78 is 17.8. The van der Waals surface area contributed by atoms with Crippen molar-refractivity contribution in [1.82, 2.24) is 0 Å². The van der Waals surface area contributed by atoms with Crippen molar-refractivity contribution in [1.29, 1.82) is 0 Å². The number of hydrogen-bond acceptors (Lipinski definition) is 4. The number of aliphatic hydroxyl groups excluding tert-OH is 1. The second-order valence-corrected chi connectivity index (χ2v) is 4.02. The Hall–Kier alpha value is -1.62. The first-order valence-corrected chi connectivity index (χ1v) is 5.83. The zero-order valence-electron chi connectivity index (χ0n) is 10.6. The van der Waals surface area contributed by atoms with Crippen LogP contribution in [0.3, 0.4) is 0 Å². The molecular weight excluding hydrogens is 237 g/mol. The van der Waals surface area contributed by atoms with Gasteiger partial charge in [0.05, 0.1) is 19.1 Å². The van der Waals surface area contributed by atoms with Gasteiger partial charge in [0.25, 0.3) is 0 Å². The van der Waals surface area contributed by atoms with Crippen LogP contribution < -0.4 is 4.90 Å². The molecule has 0 saturated heterocycles. The summed E-state index contributed by atoms with van der Waals surface area (Å²) >= 11 is 0. The van der Waals surface area contributed by atoms with Gasteiger partial charge in [-0.3, -0.25) is 4.79 Å². The average Bonchev–Trinajstić information content (AvgIpc) is 2.28. The predicted octanol–water partition coefficient (Wildman–Crippen LogP) is 1.58. The Morgan fingerprint density at radius 1 is 1.56 bits per heavy atom. The molecule has 0 amide bonds. The van der Waals surface area contributed by atoms with Crippen LogP contribution in [0.4, 0.5) is 10.1 Å². The van der Waals surface area contributed by atoms with Crippen LogP contribution >= 0.6 is 0 Å². The van der Waals surface area contributed by atoms with E-state index in [1.165, 1.54) is 12.1 Å². The second kappa shape index (κ2) is 6.96. The first kappa shape index (κ1) is 14.4. The Morgan fingerprint density at radius 2 is 2.28 bits per heavy atom. The minimum Gasteiger partial charge on any atom is -0.466 e. The maximum Gasteiger partial charge on any atom is 0.308 e. The molecule has 0 bridgehead atoms. The number of halogens is 1. The van der Waals surface area contributed by atoms with Crippen LogP contribution in [0, 0.1) is 5.82 Å². The Labute approximate surface area is 106 Å². The fourth-order valence-electron chi connectivity index (χ4n) is 1.61. The minimum absolute atomic E-state index is 0.0620. The van der Waals surface area contributed by atoms with Gasteiger partial charge < -0.3 is 14.7 Å². The molecule has 0 radical (unpaired) electrons. The maximum atomic E-state index is 13.0. The van der Waals surface area contributed by atoms with Crippen LogP contribution in [0.5, 0.6) is 0 Å². The number of anilines is 1. The Bertz CT molecular complexity index is 398. The van der Waals surface area contributed by atoms with Crippen molar-refractivity contribution < 1.29 is 19.0 Å². The number of likely N-dealkylation sites (N-methyl/N-ethyl adjacent to an activating group) is 1. The third kappa shape index (κ3) is 4.71. The molecule has 1 aromatic rings. The van der Waals surface area contributed by atoms with E-state index in [1.807, 2.05) is 0 Å². The molecule has 0 aliphatic heterocycles. The fourth-order valence-corrected chi connectivity index (χ4v) is 1.61. The average molecular weight is 255 g/mol. The normalized spacial score (nSPS) is 12.0. The van der Waals surface area contributed by atoms with Crippen molar-refractivity contribution in [3.8, 4) is 0 Å². The largest absolute Gasteiger partial charge is 0.466 e. The molecule has 1 unspecified atom stereocenters. The Balaban J connectivity index is 2.49. The SMILES string of the molecule is CCOC(=O)CC(O)CN(C)c1cccc(F)c1. The van der Waals surface area contributed by atoms with Crippen LogP contribution in [-0.4, -0.2) is 37.4 Å². The highest BCUT2D eigenvalue weighted by molar-refractivity contribution is 5.70. The highest BCUT2D eigenvalue weighted by Crippen LogP contribution is 2.14. The summed E-state index contributed by atoms with van der Waals surface area (Å²) in [7, 11) is 1.73. The van der Waals surface area contributed by atoms with Crippen LogP contribution in [0.2, 0.25) is 0 Å². The van der Waals surface area contributed by atoms with Gasteiger partial charge in [0.2, 0.25) is 0 Å².